The molecule has 4 nitrogen and oxygen atoms in total. The molecule has 2 unspecified atom stereocenters. The van der Waals surface area contributed by atoms with Crippen LogP contribution in [0.4, 0.5) is 0 Å². The summed E-state index contributed by atoms with van der Waals surface area (Å²) >= 11 is 5.89. The summed E-state index contributed by atoms with van der Waals surface area (Å²) in [7, 11) is 0. The summed E-state index contributed by atoms with van der Waals surface area (Å²) < 4.78 is 0. The zero-order valence-corrected chi connectivity index (χ0v) is 14.7. The van der Waals surface area contributed by atoms with Crippen LogP contribution >= 0.6 is 24.0 Å². The van der Waals surface area contributed by atoms with Gasteiger partial charge in [-0.1, -0.05) is 23.7 Å². The lowest BCUT2D eigenvalue weighted by Crippen LogP contribution is -2.43. The molecule has 2 heterocycles. The quantitative estimate of drug-likeness (QED) is 0.873. The van der Waals surface area contributed by atoms with Crippen LogP contribution in [0, 0.1) is 11.8 Å². The molecule has 23 heavy (non-hydrogen) atoms. The van der Waals surface area contributed by atoms with Crippen LogP contribution in [0.15, 0.2) is 24.3 Å². The lowest BCUT2D eigenvalue weighted by molar-refractivity contribution is -0.136. The van der Waals surface area contributed by atoms with Crippen molar-refractivity contribution in [1.82, 2.24) is 10.2 Å². The van der Waals surface area contributed by atoms with Crippen molar-refractivity contribution >= 4 is 29.9 Å². The fourth-order valence-corrected chi connectivity index (χ4v) is 3.62. The van der Waals surface area contributed by atoms with Gasteiger partial charge in [-0.05, 0) is 49.4 Å². The highest BCUT2D eigenvalue weighted by Crippen LogP contribution is 2.31. The third-order valence-corrected chi connectivity index (χ3v) is 5.17. The highest BCUT2D eigenvalue weighted by molar-refractivity contribution is 6.30. The van der Waals surface area contributed by atoms with Crippen LogP contribution in [0.3, 0.4) is 0 Å². The molecular weight excluding hydrogens is 335 g/mol. The van der Waals surface area contributed by atoms with Gasteiger partial charge in [0.05, 0.1) is 12.0 Å². The average Bonchev–Trinajstić information content (AvgIpc) is 3.09. The SMILES string of the molecule is Cl.O=C(C1CCNC1)N1CCC(C(O)c2ccc(Cl)cc2)CC1. The standard InChI is InChI=1S/C17H23ClN2O2.ClH/c18-15-3-1-12(2-4-15)16(21)13-6-9-20(10-7-13)17(22)14-5-8-19-11-14;/h1-4,13-14,16,19,21H,5-11H2;1H. The van der Waals surface area contributed by atoms with Crippen LogP contribution in [0.1, 0.15) is 30.9 Å². The fourth-order valence-electron chi connectivity index (χ4n) is 3.49. The third kappa shape index (κ3) is 4.38. The second-order valence-corrected chi connectivity index (χ2v) is 6.79. The van der Waals surface area contributed by atoms with Gasteiger partial charge in [0.1, 0.15) is 0 Å². The minimum atomic E-state index is -0.470. The number of rotatable bonds is 3. The number of halogens is 2. The molecule has 1 aromatic rings. The molecule has 1 amide bonds. The second kappa shape index (κ2) is 8.34. The van der Waals surface area contributed by atoms with E-state index < -0.39 is 6.10 Å². The number of nitrogens with zero attached hydrogens (tertiary/aromatic N) is 1. The number of aliphatic hydroxyl groups is 1. The maximum Gasteiger partial charge on any atom is 0.227 e. The maximum atomic E-state index is 12.4. The molecule has 3 rings (SSSR count). The van der Waals surface area contributed by atoms with E-state index in [-0.39, 0.29) is 30.2 Å². The van der Waals surface area contributed by atoms with Crippen molar-refractivity contribution < 1.29 is 9.90 Å². The monoisotopic (exact) mass is 358 g/mol. The molecule has 6 heteroatoms. The molecule has 2 saturated heterocycles. The molecule has 128 valence electrons. The maximum absolute atomic E-state index is 12.4. The van der Waals surface area contributed by atoms with E-state index in [1.165, 1.54) is 0 Å². The summed E-state index contributed by atoms with van der Waals surface area (Å²) in [5.74, 6) is 0.647. The van der Waals surface area contributed by atoms with E-state index >= 15 is 0 Å². The van der Waals surface area contributed by atoms with Crippen molar-refractivity contribution in [3.63, 3.8) is 0 Å². The summed E-state index contributed by atoms with van der Waals surface area (Å²) in [6, 6.07) is 7.39. The Labute approximate surface area is 148 Å². The highest BCUT2D eigenvalue weighted by Gasteiger charge is 2.32. The van der Waals surface area contributed by atoms with Crippen molar-refractivity contribution in [2.24, 2.45) is 11.8 Å². The number of carbonyl (C=O) groups is 1. The van der Waals surface area contributed by atoms with Gasteiger partial charge in [0.2, 0.25) is 5.91 Å². The average molecular weight is 359 g/mol. The fraction of sp³-hybridized carbons (Fsp3) is 0.588. The second-order valence-electron chi connectivity index (χ2n) is 6.35. The van der Waals surface area contributed by atoms with Crippen LogP contribution in [0.25, 0.3) is 0 Å². The van der Waals surface area contributed by atoms with E-state index in [1.54, 1.807) is 0 Å². The first-order valence-corrected chi connectivity index (χ1v) is 8.46. The predicted octanol–water partition coefficient (Wildman–Crippen LogP) is 2.64. The Morgan fingerprint density at radius 3 is 2.43 bits per heavy atom. The van der Waals surface area contributed by atoms with E-state index in [0.717, 1.165) is 51.0 Å². The number of likely N-dealkylation sites (tertiary alicyclic amines) is 1. The Morgan fingerprint density at radius 2 is 1.87 bits per heavy atom. The van der Waals surface area contributed by atoms with Crippen LogP contribution in [-0.2, 0) is 4.79 Å². The summed E-state index contributed by atoms with van der Waals surface area (Å²) in [6.07, 6.45) is 2.19. The Bertz CT molecular complexity index is 510. The van der Waals surface area contributed by atoms with Crippen molar-refractivity contribution in [2.75, 3.05) is 26.2 Å². The lowest BCUT2D eigenvalue weighted by atomic mass is 9.87. The van der Waals surface area contributed by atoms with Gasteiger partial charge in [0.15, 0.2) is 0 Å². The van der Waals surface area contributed by atoms with Gasteiger partial charge < -0.3 is 15.3 Å². The molecule has 2 aliphatic rings. The van der Waals surface area contributed by atoms with Crippen molar-refractivity contribution in [1.29, 1.82) is 0 Å². The summed E-state index contributed by atoms with van der Waals surface area (Å²) in [5.41, 5.74) is 0.911. The van der Waals surface area contributed by atoms with E-state index in [0.29, 0.717) is 5.02 Å². The van der Waals surface area contributed by atoms with Crippen LogP contribution in [-0.4, -0.2) is 42.1 Å². The zero-order chi connectivity index (χ0) is 15.5. The molecule has 1 aromatic carbocycles. The van der Waals surface area contributed by atoms with Gasteiger partial charge in [0, 0.05) is 24.7 Å². The van der Waals surface area contributed by atoms with E-state index in [9.17, 15) is 9.90 Å². The smallest absolute Gasteiger partial charge is 0.227 e. The van der Waals surface area contributed by atoms with E-state index in [4.69, 9.17) is 11.6 Å². The molecule has 0 spiro atoms. The van der Waals surface area contributed by atoms with Crippen LogP contribution < -0.4 is 5.32 Å². The summed E-state index contributed by atoms with van der Waals surface area (Å²) in [4.78, 5) is 14.4. The topological polar surface area (TPSA) is 52.6 Å². The number of hydrogen-bond donors (Lipinski definition) is 2. The van der Waals surface area contributed by atoms with Gasteiger partial charge in [-0.15, -0.1) is 12.4 Å². The number of carbonyl (C=O) groups excluding carboxylic acids is 1. The minimum Gasteiger partial charge on any atom is -0.388 e. The number of aliphatic hydroxyl groups excluding tert-OH is 1. The van der Waals surface area contributed by atoms with E-state index in [1.807, 2.05) is 29.2 Å². The van der Waals surface area contributed by atoms with Gasteiger partial charge in [-0.25, -0.2) is 0 Å². The minimum absolute atomic E-state index is 0. The number of piperidine rings is 1. The molecule has 2 fully saturated rings. The number of nitrogens with one attached hydrogen (secondary N) is 1. The molecule has 2 aliphatic heterocycles. The molecule has 0 radical (unpaired) electrons. The molecule has 2 atom stereocenters. The first kappa shape index (κ1) is 18.5. The third-order valence-electron chi connectivity index (χ3n) is 4.92. The van der Waals surface area contributed by atoms with Gasteiger partial charge in [-0.2, -0.15) is 0 Å². The Kier molecular flexibility index (Phi) is 6.72. The largest absolute Gasteiger partial charge is 0.388 e. The summed E-state index contributed by atoms with van der Waals surface area (Å²) in [5, 5.41) is 14.4. The van der Waals surface area contributed by atoms with Crippen LogP contribution in [0.2, 0.25) is 5.02 Å². The molecule has 2 N–H and O–H groups in total. The molecule has 0 aliphatic carbocycles. The molecule has 0 bridgehead atoms. The normalized spacial score (nSPS) is 23.4. The Balaban J connectivity index is 0.00000192. The zero-order valence-electron chi connectivity index (χ0n) is 13.1. The van der Waals surface area contributed by atoms with Gasteiger partial charge in [-0.3, -0.25) is 4.79 Å². The molecule has 0 saturated carbocycles. The van der Waals surface area contributed by atoms with Crippen LogP contribution in [0.5, 0.6) is 0 Å². The number of benzene rings is 1. The van der Waals surface area contributed by atoms with Crippen molar-refractivity contribution in [3.8, 4) is 0 Å². The van der Waals surface area contributed by atoms with Gasteiger partial charge in [0.25, 0.3) is 0 Å². The first-order chi connectivity index (χ1) is 10.6. The van der Waals surface area contributed by atoms with Gasteiger partial charge >= 0.3 is 0 Å². The predicted molar refractivity (Wildman–Crippen MR) is 93.9 cm³/mol. The number of amides is 1. The van der Waals surface area contributed by atoms with Crippen molar-refractivity contribution in [3.05, 3.63) is 34.9 Å². The number of hydrogen-bond acceptors (Lipinski definition) is 3. The molecular formula is C17H24Cl2N2O2. The first-order valence-electron chi connectivity index (χ1n) is 8.08. The lowest BCUT2D eigenvalue weighted by Gasteiger charge is -2.35. The van der Waals surface area contributed by atoms with E-state index in [2.05, 4.69) is 5.32 Å². The highest BCUT2D eigenvalue weighted by atomic mass is 35.5. The summed E-state index contributed by atoms with van der Waals surface area (Å²) in [6.45, 7) is 3.27. The Hall–Kier alpha value is -0.810. The Morgan fingerprint density at radius 1 is 1.22 bits per heavy atom. The van der Waals surface area contributed by atoms with Crippen molar-refractivity contribution in [2.45, 2.75) is 25.4 Å². The molecule has 0 aromatic heterocycles.